The smallest absolute Gasteiger partial charge is 0.341 e. The van der Waals surface area contributed by atoms with E-state index in [1.54, 1.807) is 18.2 Å². The molecule has 0 bridgehead atoms. The molecule has 0 saturated heterocycles. The minimum Gasteiger partial charge on any atom is -0.490 e. The van der Waals surface area contributed by atoms with Gasteiger partial charge in [-0.05, 0) is 69.6 Å². The summed E-state index contributed by atoms with van der Waals surface area (Å²) in [7, 11) is 1.33. The molecule has 6 nitrogen and oxygen atoms in total. The van der Waals surface area contributed by atoms with Gasteiger partial charge in [-0.1, -0.05) is 20.8 Å². The standard InChI is InChI=1S/C23H35NO5/c1-6-14-28-23(12-10-16(3)11-13-23)22(26)24-18-8-9-20(29-17(4)7-2)19(15-18)21(25)27-5/h8-9,15-17H,6-7,10-14H2,1-5H3,(H,24,26)/t16?,17-,23?/m0/s1. The third-order valence-electron chi connectivity index (χ3n) is 5.62. The highest BCUT2D eigenvalue weighted by atomic mass is 16.5. The Morgan fingerprint density at radius 3 is 2.52 bits per heavy atom. The van der Waals surface area contributed by atoms with E-state index < -0.39 is 11.6 Å². The average molecular weight is 406 g/mol. The summed E-state index contributed by atoms with van der Waals surface area (Å²) >= 11 is 0. The van der Waals surface area contributed by atoms with Gasteiger partial charge in [0.1, 0.15) is 16.9 Å². The minimum absolute atomic E-state index is 0.0335. The summed E-state index contributed by atoms with van der Waals surface area (Å²) < 4.78 is 16.8. The number of carbonyl (C=O) groups is 2. The lowest BCUT2D eigenvalue weighted by atomic mass is 9.78. The lowest BCUT2D eigenvalue weighted by Gasteiger charge is -2.38. The van der Waals surface area contributed by atoms with Gasteiger partial charge in [0.05, 0.1) is 13.2 Å². The molecule has 1 saturated carbocycles. The largest absolute Gasteiger partial charge is 0.490 e. The average Bonchev–Trinajstić information content (AvgIpc) is 2.73. The molecule has 0 heterocycles. The van der Waals surface area contributed by atoms with Crippen LogP contribution >= 0.6 is 0 Å². The van der Waals surface area contributed by atoms with Crippen molar-refractivity contribution in [3.63, 3.8) is 0 Å². The second-order valence-electron chi connectivity index (χ2n) is 8.02. The second-order valence-corrected chi connectivity index (χ2v) is 8.02. The first-order valence-corrected chi connectivity index (χ1v) is 10.7. The van der Waals surface area contributed by atoms with E-state index in [9.17, 15) is 9.59 Å². The van der Waals surface area contributed by atoms with Crippen molar-refractivity contribution >= 4 is 17.6 Å². The molecule has 0 spiro atoms. The zero-order valence-electron chi connectivity index (χ0n) is 18.4. The van der Waals surface area contributed by atoms with Crippen molar-refractivity contribution in [3.05, 3.63) is 23.8 Å². The van der Waals surface area contributed by atoms with E-state index in [1.807, 2.05) is 20.8 Å². The van der Waals surface area contributed by atoms with Crippen LogP contribution in [0.25, 0.3) is 0 Å². The van der Waals surface area contributed by atoms with Crippen LogP contribution in [-0.4, -0.2) is 37.3 Å². The van der Waals surface area contributed by atoms with E-state index in [2.05, 4.69) is 12.2 Å². The van der Waals surface area contributed by atoms with Crippen LogP contribution in [0, 0.1) is 5.92 Å². The number of hydrogen-bond acceptors (Lipinski definition) is 5. The van der Waals surface area contributed by atoms with Crippen LogP contribution in [0.1, 0.15) is 76.6 Å². The van der Waals surface area contributed by atoms with Gasteiger partial charge in [0.25, 0.3) is 5.91 Å². The van der Waals surface area contributed by atoms with Gasteiger partial charge in [0.2, 0.25) is 0 Å². The summed E-state index contributed by atoms with van der Waals surface area (Å²) in [6, 6.07) is 5.07. The third-order valence-corrected chi connectivity index (χ3v) is 5.62. The molecule has 1 fully saturated rings. The van der Waals surface area contributed by atoms with E-state index in [-0.39, 0.29) is 12.0 Å². The highest BCUT2D eigenvalue weighted by Gasteiger charge is 2.42. The Morgan fingerprint density at radius 1 is 1.24 bits per heavy atom. The number of nitrogens with one attached hydrogen (secondary N) is 1. The number of amides is 1. The summed E-state index contributed by atoms with van der Waals surface area (Å²) in [6.07, 6.45) is 4.98. The molecule has 1 aromatic carbocycles. The Labute approximate surface area is 174 Å². The van der Waals surface area contributed by atoms with Crippen LogP contribution in [0.5, 0.6) is 5.75 Å². The van der Waals surface area contributed by atoms with E-state index in [0.717, 1.165) is 25.7 Å². The van der Waals surface area contributed by atoms with Gasteiger partial charge < -0.3 is 19.5 Å². The molecule has 162 valence electrons. The van der Waals surface area contributed by atoms with E-state index in [4.69, 9.17) is 14.2 Å². The first-order chi connectivity index (χ1) is 13.8. The molecule has 1 amide bonds. The second kappa shape index (κ2) is 10.6. The molecule has 1 N–H and O–H groups in total. The fraction of sp³-hybridized carbons (Fsp3) is 0.652. The number of esters is 1. The van der Waals surface area contributed by atoms with Crippen molar-refractivity contribution in [2.24, 2.45) is 5.92 Å². The van der Waals surface area contributed by atoms with Crippen molar-refractivity contribution in [3.8, 4) is 5.75 Å². The predicted octanol–water partition coefficient (Wildman–Crippen LogP) is 4.96. The molecule has 2 rings (SSSR count). The number of carbonyl (C=O) groups excluding carboxylic acids is 2. The Kier molecular flexibility index (Phi) is 8.50. The maximum Gasteiger partial charge on any atom is 0.341 e. The highest BCUT2D eigenvalue weighted by Crippen LogP contribution is 2.36. The molecule has 0 aromatic heterocycles. The molecule has 0 unspecified atom stereocenters. The Balaban J connectivity index is 2.24. The number of anilines is 1. The fourth-order valence-electron chi connectivity index (χ4n) is 3.49. The van der Waals surface area contributed by atoms with E-state index >= 15 is 0 Å². The highest BCUT2D eigenvalue weighted by molar-refractivity contribution is 5.99. The summed E-state index contributed by atoms with van der Waals surface area (Å²) in [5, 5.41) is 2.96. The number of methoxy groups -OCH3 is 1. The normalized spacial score (nSPS) is 22.6. The number of rotatable bonds is 9. The molecular weight excluding hydrogens is 370 g/mol. The van der Waals surface area contributed by atoms with Crippen LogP contribution in [-0.2, 0) is 14.3 Å². The topological polar surface area (TPSA) is 73.9 Å². The quantitative estimate of drug-likeness (QED) is 0.588. The van der Waals surface area contributed by atoms with Gasteiger partial charge in [0.15, 0.2) is 0 Å². The first-order valence-electron chi connectivity index (χ1n) is 10.7. The van der Waals surface area contributed by atoms with Crippen LogP contribution in [0.3, 0.4) is 0 Å². The Hall–Kier alpha value is -2.08. The van der Waals surface area contributed by atoms with Gasteiger partial charge in [-0.15, -0.1) is 0 Å². The third kappa shape index (κ3) is 5.95. The van der Waals surface area contributed by atoms with Gasteiger partial charge in [-0.2, -0.15) is 0 Å². The lowest BCUT2D eigenvalue weighted by Crippen LogP contribution is -2.48. The van der Waals surface area contributed by atoms with Crippen LogP contribution in [0.4, 0.5) is 5.69 Å². The predicted molar refractivity (Wildman–Crippen MR) is 113 cm³/mol. The van der Waals surface area contributed by atoms with Crippen molar-refractivity contribution < 1.29 is 23.8 Å². The monoisotopic (exact) mass is 405 g/mol. The van der Waals surface area contributed by atoms with Gasteiger partial charge in [-0.3, -0.25) is 4.79 Å². The fourth-order valence-corrected chi connectivity index (χ4v) is 3.49. The molecule has 29 heavy (non-hydrogen) atoms. The maximum absolute atomic E-state index is 13.2. The molecule has 0 aliphatic heterocycles. The summed E-state index contributed by atoms with van der Waals surface area (Å²) in [5.41, 5.74) is 0.0243. The SMILES string of the molecule is CCCOC1(C(=O)Nc2ccc(O[C@@H](C)CC)c(C(=O)OC)c2)CCC(C)CC1. The maximum atomic E-state index is 13.2. The van der Waals surface area contributed by atoms with Crippen molar-refractivity contribution in [1.29, 1.82) is 0 Å². The lowest BCUT2D eigenvalue weighted by molar-refractivity contribution is -0.147. The summed E-state index contributed by atoms with van der Waals surface area (Å²) in [4.78, 5) is 25.4. The molecule has 1 aliphatic carbocycles. The summed E-state index contributed by atoms with van der Waals surface area (Å²) in [5.74, 6) is 0.406. The summed E-state index contributed by atoms with van der Waals surface area (Å²) in [6.45, 7) is 8.75. The van der Waals surface area contributed by atoms with Gasteiger partial charge >= 0.3 is 5.97 Å². The number of benzene rings is 1. The molecule has 1 aliphatic rings. The van der Waals surface area contributed by atoms with E-state index in [1.165, 1.54) is 7.11 Å². The van der Waals surface area contributed by atoms with Gasteiger partial charge in [-0.25, -0.2) is 4.79 Å². The number of hydrogen-bond donors (Lipinski definition) is 1. The molecule has 1 atom stereocenters. The first kappa shape index (κ1) is 23.2. The number of ether oxygens (including phenoxy) is 3. The van der Waals surface area contributed by atoms with Crippen molar-refractivity contribution in [2.75, 3.05) is 19.0 Å². The zero-order valence-corrected chi connectivity index (χ0v) is 18.4. The van der Waals surface area contributed by atoms with E-state index in [0.29, 0.717) is 42.4 Å². The van der Waals surface area contributed by atoms with Crippen LogP contribution in [0.2, 0.25) is 0 Å². The van der Waals surface area contributed by atoms with Crippen molar-refractivity contribution in [2.45, 2.75) is 77.9 Å². The molecule has 6 heteroatoms. The minimum atomic E-state index is -0.806. The Morgan fingerprint density at radius 2 is 1.93 bits per heavy atom. The van der Waals surface area contributed by atoms with Crippen molar-refractivity contribution in [1.82, 2.24) is 0 Å². The molecular formula is C23H35NO5. The molecule has 0 radical (unpaired) electrons. The van der Waals surface area contributed by atoms with Crippen LogP contribution in [0.15, 0.2) is 18.2 Å². The zero-order chi connectivity index (χ0) is 21.4. The molecule has 1 aromatic rings. The van der Waals surface area contributed by atoms with Gasteiger partial charge in [0, 0.05) is 12.3 Å². The Bertz CT molecular complexity index is 689. The van der Waals surface area contributed by atoms with Crippen LogP contribution < -0.4 is 10.1 Å².